The number of carboxylic acid groups (broad SMARTS) is 1. The van der Waals surface area contributed by atoms with Gasteiger partial charge >= 0.3 is 5.97 Å². The third kappa shape index (κ3) is 5.34. The van der Waals surface area contributed by atoms with Crippen LogP contribution in [0.2, 0.25) is 0 Å². The fourth-order valence-electron chi connectivity index (χ4n) is 6.22. The van der Waals surface area contributed by atoms with Crippen molar-refractivity contribution >= 4 is 21.7 Å². The maximum atomic E-state index is 14.1. The van der Waals surface area contributed by atoms with Gasteiger partial charge in [-0.1, -0.05) is 55.7 Å². The molecule has 1 N–H and O–H groups in total. The van der Waals surface area contributed by atoms with E-state index in [1.54, 1.807) is 17.3 Å². The predicted molar refractivity (Wildman–Crippen MR) is 162 cm³/mol. The average molecular weight is 584 g/mol. The van der Waals surface area contributed by atoms with E-state index in [2.05, 4.69) is 6.07 Å². The largest absolute Gasteiger partial charge is 0.482 e. The molecule has 6 rings (SSSR count). The lowest BCUT2D eigenvalue weighted by Gasteiger charge is -2.34. The van der Waals surface area contributed by atoms with Crippen molar-refractivity contribution in [2.45, 2.75) is 49.3 Å². The van der Waals surface area contributed by atoms with Gasteiger partial charge in [-0.25, -0.2) is 13.2 Å². The van der Waals surface area contributed by atoms with Crippen LogP contribution in [0.1, 0.15) is 43.2 Å². The number of aryl methyl sites for hydroxylation is 1. The molecule has 0 aromatic heterocycles. The molecule has 0 bridgehead atoms. The SMILES string of the molecule is Cc1cc(S(=O)(=O)N2CC3(CCCCC3)c3cc(-c4ccc(Oc5ccccc5)cc4)ccc32)ccc1OCC(=O)O. The van der Waals surface area contributed by atoms with E-state index < -0.39 is 22.6 Å². The van der Waals surface area contributed by atoms with Crippen LogP contribution in [0, 0.1) is 6.92 Å². The van der Waals surface area contributed by atoms with Crippen LogP contribution in [0.4, 0.5) is 5.69 Å². The summed E-state index contributed by atoms with van der Waals surface area (Å²) < 4.78 is 41.0. The molecule has 1 spiro atoms. The summed E-state index contributed by atoms with van der Waals surface area (Å²) in [6, 6.07) is 28.3. The number of carboxylic acids is 1. The molecular formula is C34H33NO6S. The Hall–Kier alpha value is -4.30. The zero-order chi connectivity index (χ0) is 29.3. The lowest BCUT2D eigenvalue weighted by atomic mass is 9.70. The number of benzene rings is 4. The Kier molecular flexibility index (Phi) is 7.41. The summed E-state index contributed by atoms with van der Waals surface area (Å²) in [7, 11) is -3.87. The van der Waals surface area contributed by atoms with Crippen molar-refractivity contribution in [1.82, 2.24) is 0 Å². The van der Waals surface area contributed by atoms with Crippen LogP contribution in [0.25, 0.3) is 11.1 Å². The summed E-state index contributed by atoms with van der Waals surface area (Å²) in [5.74, 6) is 0.794. The lowest BCUT2D eigenvalue weighted by Crippen LogP contribution is -2.38. The second-order valence-corrected chi connectivity index (χ2v) is 13.0. The van der Waals surface area contributed by atoms with Crippen molar-refractivity contribution in [2.75, 3.05) is 17.5 Å². The first-order chi connectivity index (χ1) is 20.2. The highest BCUT2D eigenvalue weighted by molar-refractivity contribution is 7.92. The number of sulfonamides is 1. The molecule has 4 aromatic carbocycles. The Labute approximate surface area is 246 Å². The molecule has 0 radical (unpaired) electrons. The Morgan fingerprint density at radius 3 is 2.24 bits per heavy atom. The van der Waals surface area contributed by atoms with Crippen molar-refractivity contribution in [3.63, 3.8) is 0 Å². The summed E-state index contributed by atoms with van der Waals surface area (Å²) in [4.78, 5) is 11.1. The minimum Gasteiger partial charge on any atom is -0.482 e. The number of nitrogens with zero attached hydrogens (tertiary/aromatic N) is 1. The molecular weight excluding hydrogens is 550 g/mol. The molecule has 0 unspecified atom stereocenters. The second kappa shape index (κ2) is 11.2. The molecule has 7 nitrogen and oxygen atoms in total. The highest BCUT2D eigenvalue weighted by atomic mass is 32.2. The summed E-state index contributed by atoms with van der Waals surface area (Å²) >= 11 is 0. The maximum absolute atomic E-state index is 14.1. The zero-order valence-electron chi connectivity index (χ0n) is 23.5. The lowest BCUT2D eigenvalue weighted by molar-refractivity contribution is -0.139. The van der Waals surface area contributed by atoms with Gasteiger partial charge in [0.2, 0.25) is 0 Å². The van der Waals surface area contributed by atoms with Gasteiger partial charge in [-0.15, -0.1) is 0 Å². The number of ether oxygens (including phenoxy) is 2. The van der Waals surface area contributed by atoms with Gasteiger partial charge in [-0.05, 0) is 96.6 Å². The van der Waals surface area contributed by atoms with Crippen LogP contribution < -0.4 is 13.8 Å². The topological polar surface area (TPSA) is 93.1 Å². The Bertz CT molecular complexity index is 1710. The number of para-hydroxylation sites is 1. The highest BCUT2D eigenvalue weighted by Crippen LogP contribution is 2.52. The quantitative estimate of drug-likeness (QED) is 0.234. The highest BCUT2D eigenvalue weighted by Gasteiger charge is 2.47. The minimum absolute atomic E-state index is 0.166. The Balaban J connectivity index is 1.32. The molecule has 4 aromatic rings. The normalized spacial score (nSPS) is 15.8. The van der Waals surface area contributed by atoms with Gasteiger partial charge in [0.15, 0.2) is 6.61 Å². The predicted octanol–water partition coefficient (Wildman–Crippen LogP) is 7.33. The van der Waals surface area contributed by atoms with Gasteiger partial charge in [0, 0.05) is 12.0 Å². The van der Waals surface area contributed by atoms with E-state index in [1.165, 1.54) is 12.1 Å². The third-order valence-corrected chi connectivity index (χ3v) is 10.1. The number of hydrogen-bond acceptors (Lipinski definition) is 5. The second-order valence-electron chi connectivity index (χ2n) is 11.1. The van der Waals surface area contributed by atoms with Crippen LogP contribution in [0.3, 0.4) is 0 Å². The molecule has 1 saturated carbocycles. The molecule has 0 saturated heterocycles. The molecule has 1 fully saturated rings. The van der Waals surface area contributed by atoms with E-state index >= 15 is 0 Å². The summed E-state index contributed by atoms with van der Waals surface area (Å²) in [6.45, 7) is 1.65. The standard InChI is InChI=1S/C34H33NO6S/c1-24-20-29(15-17-32(24)40-22-33(36)37)42(38,39)35-23-34(18-6-3-7-19-34)30-21-26(12-16-31(30)35)25-10-13-28(14-11-25)41-27-8-4-2-5-9-27/h2,4-5,8-17,20-21H,3,6-7,18-19,22-23H2,1H3,(H,36,37). The van der Waals surface area contributed by atoms with E-state index in [0.29, 0.717) is 17.9 Å². The zero-order valence-corrected chi connectivity index (χ0v) is 24.3. The van der Waals surface area contributed by atoms with E-state index in [9.17, 15) is 13.2 Å². The molecule has 1 heterocycles. The number of anilines is 1. The van der Waals surface area contributed by atoms with Gasteiger partial charge < -0.3 is 14.6 Å². The van der Waals surface area contributed by atoms with E-state index in [4.69, 9.17) is 14.6 Å². The molecule has 1 aliphatic heterocycles. The van der Waals surface area contributed by atoms with Crippen molar-refractivity contribution in [2.24, 2.45) is 0 Å². The van der Waals surface area contributed by atoms with Crippen molar-refractivity contribution in [3.8, 4) is 28.4 Å². The molecule has 0 atom stereocenters. The van der Waals surface area contributed by atoms with Crippen molar-refractivity contribution in [3.05, 3.63) is 102 Å². The smallest absolute Gasteiger partial charge is 0.341 e. The third-order valence-electron chi connectivity index (χ3n) is 8.35. The van der Waals surface area contributed by atoms with Crippen LogP contribution >= 0.6 is 0 Å². The molecule has 8 heteroatoms. The fourth-order valence-corrected chi connectivity index (χ4v) is 7.88. The van der Waals surface area contributed by atoms with Gasteiger partial charge in [0.25, 0.3) is 10.0 Å². The van der Waals surface area contributed by atoms with Crippen LogP contribution in [0.15, 0.2) is 95.9 Å². The van der Waals surface area contributed by atoms with Crippen molar-refractivity contribution in [1.29, 1.82) is 0 Å². The monoisotopic (exact) mass is 583 g/mol. The Morgan fingerprint density at radius 1 is 0.857 bits per heavy atom. The summed E-state index contributed by atoms with van der Waals surface area (Å²) in [5.41, 5.74) is 4.24. The van der Waals surface area contributed by atoms with Gasteiger partial charge in [0.1, 0.15) is 17.2 Å². The van der Waals surface area contributed by atoms with Crippen LogP contribution in [0.5, 0.6) is 17.2 Å². The molecule has 42 heavy (non-hydrogen) atoms. The number of aliphatic carboxylic acids is 1. The summed E-state index contributed by atoms with van der Waals surface area (Å²) in [5, 5.41) is 8.93. The Morgan fingerprint density at radius 2 is 1.55 bits per heavy atom. The van der Waals surface area contributed by atoms with E-state index in [-0.39, 0.29) is 10.3 Å². The first-order valence-corrected chi connectivity index (χ1v) is 15.7. The number of carbonyl (C=O) groups is 1. The van der Waals surface area contributed by atoms with Crippen LogP contribution in [-0.2, 0) is 20.2 Å². The average Bonchev–Trinajstić information content (AvgIpc) is 3.31. The molecule has 0 amide bonds. The first-order valence-electron chi connectivity index (χ1n) is 14.2. The van der Waals surface area contributed by atoms with Gasteiger partial charge in [-0.3, -0.25) is 4.31 Å². The van der Waals surface area contributed by atoms with E-state index in [0.717, 1.165) is 66.0 Å². The number of rotatable bonds is 8. The number of fused-ring (bicyclic) bond motifs is 2. The van der Waals surface area contributed by atoms with Crippen molar-refractivity contribution < 1.29 is 27.8 Å². The minimum atomic E-state index is -3.87. The maximum Gasteiger partial charge on any atom is 0.341 e. The summed E-state index contributed by atoms with van der Waals surface area (Å²) in [6.07, 6.45) is 5.18. The molecule has 2 aliphatic rings. The molecule has 1 aliphatic carbocycles. The van der Waals surface area contributed by atoms with Gasteiger partial charge in [0.05, 0.1) is 10.6 Å². The number of hydrogen-bond donors (Lipinski definition) is 1. The van der Waals surface area contributed by atoms with E-state index in [1.807, 2.05) is 66.7 Å². The van der Waals surface area contributed by atoms with Crippen LogP contribution in [-0.4, -0.2) is 32.6 Å². The molecule has 216 valence electrons. The first kappa shape index (κ1) is 27.8. The fraction of sp³-hybridized carbons (Fsp3) is 0.265. The van der Waals surface area contributed by atoms with Gasteiger partial charge in [-0.2, -0.15) is 0 Å².